The number of halogens is 2. The molecule has 1 aromatic carbocycles. The van der Waals surface area contributed by atoms with Crippen LogP contribution in [-0.2, 0) is 10.0 Å². The van der Waals surface area contributed by atoms with E-state index in [1.165, 1.54) is 18.4 Å². The summed E-state index contributed by atoms with van der Waals surface area (Å²) < 4.78 is 54.5. The molecule has 0 bridgehead atoms. The Bertz CT molecular complexity index is 1340. The Morgan fingerprint density at radius 3 is 2.39 bits per heavy atom. The highest BCUT2D eigenvalue weighted by Gasteiger charge is 2.31. The quantitative estimate of drug-likeness (QED) is 0.532. The van der Waals surface area contributed by atoms with E-state index in [1.807, 2.05) is 10.8 Å². The summed E-state index contributed by atoms with van der Waals surface area (Å²) in [5.41, 5.74) is 3.28. The number of nitrogens with zero attached hydrogens (tertiary/aromatic N) is 4. The molecule has 3 aromatic rings. The van der Waals surface area contributed by atoms with Crippen LogP contribution in [0, 0.1) is 11.3 Å². The first kappa shape index (κ1) is 21.9. The van der Waals surface area contributed by atoms with Gasteiger partial charge in [-0.1, -0.05) is 12.1 Å². The summed E-state index contributed by atoms with van der Waals surface area (Å²) in [6.07, 6.45) is 7.63. The number of sulfonamides is 1. The highest BCUT2D eigenvalue weighted by Crippen LogP contribution is 2.45. The number of nitriles is 1. The summed E-state index contributed by atoms with van der Waals surface area (Å²) in [5, 5.41) is 10.8. The number of nitrogens with one attached hydrogen (secondary N) is 1. The first-order valence-corrected chi connectivity index (χ1v) is 12.5. The molecule has 2 heterocycles. The average Bonchev–Trinajstić information content (AvgIpc) is 3.59. The van der Waals surface area contributed by atoms with Gasteiger partial charge in [-0.05, 0) is 49.7 Å². The van der Waals surface area contributed by atoms with E-state index in [4.69, 9.17) is 0 Å². The first-order chi connectivity index (χ1) is 16.0. The van der Waals surface area contributed by atoms with Gasteiger partial charge in [-0.25, -0.2) is 31.9 Å². The third-order valence-corrected chi connectivity index (χ3v) is 7.95. The molecule has 0 amide bonds. The molecule has 0 spiro atoms. The molecule has 0 radical (unpaired) electrons. The van der Waals surface area contributed by atoms with Crippen LogP contribution in [-0.4, -0.2) is 42.3 Å². The minimum Gasteiger partial charge on any atom is -0.334 e. The van der Waals surface area contributed by atoms with Crippen molar-refractivity contribution in [1.82, 2.24) is 19.3 Å². The van der Waals surface area contributed by atoms with Crippen molar-refractivity contribution in [2.75, 3.05) is 13.3 Å². The zero-order chi connectivity index (χ0) is 23.2. The van der Waals surface area contributed by atoms with E-state index in [9.17, 15) is 22.5 Å². The Morgan fingerprint density at radius 1 is 1.15 bits per heavy atom. The predicted octanol–water partition coefficient (Wildman–Crippen LogP) is 4.16. The molecule has 2 aromatic heterocycles. The van der Waals surface area contributed by atoms with Gasteiger partial charge in [-0.2, -0.15) is 5.26 Å². The molecule has 0 atom stereocenters. The molecule has 10 heteroatoms. The van der Waals surface area contributed by atoms with Gasteiger partial charge < -0.3 is 4.57 Å². The van der Waals surface area contributed by atoms with Crippen molar-refractivity contribution in [2.24, 2.45) is 0 Å². The van der Waals surface area contributed by atoms with Crippen LogP contribution in [0.1, 0.15) is 55.2 Å². The highest BCUT2D eigenvalue weighted by atomic mass is 32.2. The third-order valence-electron chi connectivity index (χ3n) is 6.47. The van der Waals surface area contributed by atoms with Gasteiger partial charge >= 0.3 is 0 Å². The summed E-state index contributed by atoms with van der Waals surface area (Å²) in [6, 6.07) is 7.28. The maximum Gasteiger partial charge on any atom is 0.244 e. The Labute approximate surface area is 190 Å². The summed E-state index contributed by atoms with van der Waals surface area (Å²) in [7, 11) is -4.18. The SMILES string of the molecule is N#Cc1c(-c2ncc(S(=O)(=O)NC(CF)CF)cn2)n(C2CCC2)c2cc(C3CC3)ccc12. The first-order valence-electron chi connectivity index (χ1n) is 11.0. The third kappa shape index (κ3) is 3.89. The van der Waals surface area contributed by atoms with Crippen molar-refractivity contribution in [3.05, 3.63) is 41.7 Å². The lowest BCUT2D eigenvalue weighted by atomic mass is 9.92. The van der Waals surface area contributed by atoms with Crippen LogP contribution in [0.5, 0.6) is 0 Å². The maximum absolute atomic E-state index is 12.8. The van der Waals surface area contributed by atoms with Gasteiger partial charge in [-0.15, -0.1) is 0 Å². The summed E-state index contributed by atoms with van der Waals surface area (Å²) in [6.45, 7) is -2.32. The van der Waals surface area contributed by atoms with Gasteiger partial charge in [0, 0.05) is 11.4 Å². The number of benzene rings is 1. The monoisotopic (exact) mass is 471 g/mol. The van der Waals surface area contributed by atoms with Gasteiger partial charge in [0.05, 0.1) is 29.5 Å². The lowest BCUT2D eigenvalue weighted by molar-refractivity contribution is 0.323. The van der Waals surface area contributed by atoms with Crippen LogP contribution in [0.15, 0.2) is 35.5 Å². The van der Waals surface area contributed by atoms with E-state index >= 15 is 0 Å². The Morgan fingerprint density at radius 2 is 1.85 bits per heavy atom. The Hall–Kier alpha value is -2.90. The highest BCUT2D eigenvalue weighted by molar-refractivity contribution is 7.89. The maximum atomic E-state index is 12.8. The van der Waals surface area contributed by atoms with E-state index in [1.54, 1.807) is 0 Å². The number of fused-ring (bicyclic) bond motifs is 1. The van der Waals surface area contributed by atoms with Gasteiger partial charge in [0.2, 0.25) is 10.0 Å². The minimum atomic E-state index is -4.18. The Balaban J connectivity index is 1.60. The fourth-order valence-corrected chi connectivity index (χ4v) is 5.41. The molecule has 7 nitrogen and oxygen atoms in total. The molecular weight excluding hydrogens is 448 g/mol. The smallest absolute Gasteiger partial charge is 0.244 e. The number of alkyl halides is 2. The molecule has 2 saturated carbocycles. The van der Waals surface area contributed by atoms with Crippen molar-refractivity contribution < 1.29 is 17.2 Å². The minimum absolute atomic E-state index is 0.225. The van der Waals surface area contributed by atoms with E-state index in [-0.39, 0.29) is 16.8 Å². The van der Waals surface area contributed by atoms with Crippen molar-refractivity contribution >= 4 is 20.9 Å². The largest absolute Gasteiger partial charge is 0.334 e. The molecule has 2 aliphatic carbocycles. The van der Waals surface area contributed by atoms with Gasteiger partial charge in [0.25, 0.3) is 0 Å². The molecule has 0 saturated heterocycles. The molecule has 33 heavy (non-hydrogen) atoms. The zero-order valence-corrected chi connectivity index (χ0v) is 18.7. The molecule has 5 rings (SSSR count). The molecule has 2 aliphatic rings. The lowest BCUT2D eigenvalue weighted by Crippen LogP contribution is -2.38. The van der Waals surface area contributed by atoms with Crippen LogP contribution in [0.3, 0.4) is 0 Å². The second kappa shape index (κ2) is 8.47. The number of hydrogen-bond donors (Lipinski definition) is 1. The second-order valence-electron chi connectivity index (χ2n) is 8.71. The zero-order valence-electron chi connectivity index (χ0n) is 17.8. The van der Waals surface area contributed by atoms with Crippen LogP contribution in [0.4, 0.5) is 8.78 Å². The second-order valence-corrected chi connectivity index (χ2v) is 10.4. The number of rotatable bonds is 8. The number of aromatic nitrogens is 3. The van der Waals surface area contributed by atoms with Crippen molar-refractivity contribution in [2.45, 2.75) is 55.0 Å². The van der Waals surface area contributed by atoms with Crippen LogP contribution >= 0.6 is 0 Å². The number of hydrogen-bond acceptors (Lipinski definition) is 5. The average molecular weight is 472 g/mol. The van der Waals surface area contributed by atoms with Crippen LogP contribution < -0.4 is 4.72 Å². The van der Waals surface area contributed by atoms with Crippen molar-refractivity contribution in [1.29, 1.82) is 5.26 Å². The lowest BCUT2D eigenvalue weighted by Gasteiger charge is -2.29. The summed E-state index contributed by atoms with van der Waals surface area (Å²) in [5.74, 6) is 0.813. The summed E-state index contributed by atoms with van der Waals surface area (Å²) in [4.78, 5) is 8.23. The molecule has 172 valence electrons. The molecule has 1 N–H and O–H groups in total. The predicted molar refractivity (Wildman–Crippen MR) is 119 cm³/mol. The molecular formula is C23H23F2N5O2S. The van der Waals surface area contributed by atoms with E-state index < -0.39 is 29.4 Å². The molecule has 0 aliphatic heterocycles. The van der Waals surface area contributed by atoms with Gasteiger partial charge in [0.1, 0.15) is 30.0 Å². The van der Waals surface area contributed by atoms with Crippen LogP contribution in [0.25, 0.3) is 22.4 Å². The van der Waals surface area contributed by atoms with Crippen molar-refractivity contribution in [3.8, 4) is 17.6 Å². The van der Waals surface area contributed by atoms with Gasteiger partial charge in [-0.3, -0.25) is 0 Å². The van der Waals surface area contributed by atoms with Gasteiger partial charge in [0.15, 0.2) is 5.82 Å². The Kier molecular flexibility index (Phi) is 5.62. The normalized spacial score (nSPS) is 16.8. The molecule has 2 fully saturated rings. The fourth-order valence-electron chi connectivity index (χ4n) is 4.32. The van der Waals surface area contributed by atoms with E-state index in [0.717, 1.165) is 42.6 Å². The fraction of sp³-hybridized carbons (Fsp3) is 0.435. The van der Waals surface area contributed by atoms with E-state index in [0.29, 0.717) is 17.2 Å². The summed E-state index contributed by atoms with van der Waals surface area (Å²) >= 11 is 0. The topological polar surface area (TPSA) is 101 Å². The standard InChI is InChI=1S/C23H23F2N5O2S/c24-9-16(10-25)29-33(31,32)18-12-27-23(28-13-18)22-20(11-26)19-7-6-15(14-4-5-14)8-21(19)30(22)17-2-1-3-17/h6-8,12-14,16-17,29H,1-5,9-10H2. The van der Waals surface area contributed by atoms with Crippen molar-refractivity contribution in [3.63, 3.8) is 0 Å². The van der Waals surface area contributed by atoms with E-state index in [2.05, 4.69) is 32.7 Å². The molecule has 0 unspecified atom stereocenters. The van der Waals surface area contributed by atoms with Crippen LogP contribution in [0.2, 0.25) is 0 Å².